The first-order valence-corrected chi connectivity index (χ1v) is 13.4. The summed E-state index contributed by atoms with van der Waals surface area (Å²) in [5.41, 5.74) is 0. The maximum atomic E-state index is 13.5. The number of nitrogens with zero attached hydrogens (tertiary/aromatic N) is 1. The van der Waals surface area contributed by atoms with Crippen molar-refractivity contribution in [3.05, 3.63) is 0 Å². The SMILES string of the molecule is CC[N+](CC)(CC)CC.O=S(=O)([O-])C(F)(F)C(F)(F)C(F)(F)C(F)(F)C(F)(F)C(F)(F)C(F)(F)C(F)(F)C(F)(F)C(F)CC(F)(F)F. The molecule has 286 valence electrons. The van der Waals surface area contributed by atoms with Crippen LogP contribution in [-0.2, 0) is 10.1 Å². The molecule has 27 heteroatoms. The molecule has 0 aromatic carbocycles. The van der Waals surface area contributed by atoms with E-state index in [2.05, 4.69) is 27.7 Å². The van der Waals surface area contributed by atoms with Crippen LogP contribution in [0, 0.1) is 0 Å². The van der Waals surface area contributed by atoms with E-state index in [4.69, 9.17) is 0 Å². The van der Waals surface area contributed by atoms with Crippen LogP contribution in [0.3, 0.4) is 0 Å². The second kappa shape index (κ2) is 13.6. The summed E-state index contributed by atoms with van der Waals surface area (Å²) in [6.07, 6.45) is -16.1. The molecule has 0 saturated carbocycles. The molecule has 0 aliphatic carbocycles. The Kier molecular flexibility index (Phi) is 13.7. The Morgan fingerprint density at radius 2 is 0.723 bits per heavy atom. The summed E-state index contributed by atoms with van der Waals surface area (Å²) >= 11 is 0. The highest BCUT2D eigenvalue weighted by molar-refractivity contribution is 7.86. The molecule has 0 aliphatic rings. The molecule has 47 heavy (non-hydrogen) atoms. The Morgan fingerprint density at radius 1 is 0.489 bits per heavy atom. The first-order chi connectivity index (χ1) is 20.1. The number of hydrogen-bond acceptors (Lipinski definition) is 3. The van der Waals surface area contributed by atoms with Gasteiger partial charge in [0.15, 0.2) is 16.3 Å². The highest BCUT2D eigenvalue weighted by Gasteiger charge is 2.97. The van der Waals surface area contributed by atoms with E-state index in [1.54, 1.807) is 0 Å². The molecule has 0 aromatic rings. The van der Waals surface area contributed by atoms with Gasteiger partial charge in [0.05, 0.1) is 32.6 Å². The lowest BCUT2D eigenvalue weighted by Crippen LogP contribution is -2.76. The second-order valence-electron chi connectivity index (χ2n) is 9.51. The molecule has 0 N–H and O–H groups in total. The van der Waals surface area contributed by atoms with Crippen LogP contribution in [0.5, 0.6) is 0 Å². The van der Waals surface area contributed by atoms with Gasteiger partial charge in [0.25, 0.3) is 0 Å². The summed E-state index contributed by atoms with van der Waals surface area (Å²) in [7, 11) is -8.36. The van der Waals surface area contributed by atoms with E-state index in [0.29, 0.717) is 0 Å². The lowest BCUT2D eigenvalue weighted by molar-refractivity contribution is -0.921. The monoisotopic (exact) mass is 775 g/mol. The molecule has 0 radical (unpaired) electrons. The van der Waals surface area contributed by atoms with Gasteiger partial charge in [-0.2, -0.15) is 92.2 Å². The number of quaternary nitrogens is 1. The minimum absolute atomic E-state index is 1.28. The van der Waals surface area contributed by atoms with E-state index in [-0.39, 0.29) is 0 Å². The minimum Gasteiger partial charge on any atom is -0.743 e. The molecule has 0 amide bonds. The smallest absolute Gasteiger partial charge is 0.402 e. The van der Waals surface area contributed by atoms with E-state index in [1.165, 1.54) is 30.7 Å². The molecule has 0 aromatic heterocycles. The van der Waals surface area contributed by atoms with Crippen LogP contribution in [0.15, 0.2) is 0 Å². The van der Waals surface area contributed by atoms with E-state index in [9.17, 15) is 110 Å². The summed E-state index contributed by atoms with van der Waals surface area (Å²) in [4.78, 5) is 0. The van der Waals surface area contributed by atoms with Crippen molar-refractivity contribution in [2.75, 3.05) is 26.2 Å². The summed E-state index contributed by atoms with van der Waals surface area (Å²) in [6.45, 7) is 14.2. The Hall–Kier alpha value is -1.67. The van der Waals surface area contributed by atoms with Crippen molar-refractivity contribution in [3.8, 4) is 0 Å². The summed E-state index contributed by atoms with van der Waals surface area (Å²) in [5.74, 6) is -71.7. The molecule has 0 saturated heterocycles. The second-order valence-corrected chi connectivity index (χ2v) is 10.9. The Morgan fingerprint density at radius 3 is 0.915 bits per heavy atom. The fourth-order valence-electron chi connectivity index (χ4n) is 3.40. The summed E-state index contributed by atoms with van der Waals surface area (Å²) in [5, 5.41) is -8.18. The standard InChI is InChI=1S/C12H4F22O3S.C8H20N/c13-2(1-3(14,15)16)4(17,18)5(19,20)6(21,22)7(23,24)8(25,26)9(27,28)10(29,30)11(31,32)12(33,34)38(35,36)37;1-5-9(6-2,7-3)8-4/h2H,1H2,(H,35,36,37);5-8H2,1-4H3/q;+1/p-1. The Labute approximate surface area is 250 Å². The van der Waals surface area contributed by atoms with Crippen LogP contribution in [0.2, 0.25) is 0 Å². The molecule has 0 fully saturated rings. The normalized spacial score (nSPS) is 16.5. The predicted octanol–water partition coefficient (Wildman–Crippen LogP) is 8.38. The zero-order valence-electron chi connectivity index (χ0n) is 23.5. The number of alkyl halides is 22. The third-order valence-electron chi connectivity index (χ3n) is 6.95. The average Bonchev–Trinajstić information content (AvgIpc) is 2.88. The van der Waals surface area contributed by atoms with Crippen molar-refractivity contribution in [2.45, 2.75) is 99.1 Å². The van der Waals surface area contributed by atoms with Gasteiger partial charge in [-0.25, -0.2) is 12.8 Å². The van der Waals surface area contributed by atoms with Gasteiger partial charge in [0.2, 0.25) is 0 Å². The lowest BCUT2D eigenvalue weighted by atomic mass is 9.86. The van der Waals surface area contributed by atoms with Gasteiger partial charge < -0.3 is 9.04 Å². The molecule has 1 unspecified atom stereocenters. The third kappa shape index (κ3) is 7.59. The molecule has 0 aliphatic heterocycles. The largest absolute Gasteiger partial charge is 0.743 e. The van der Waals surface area contributed by atoms with Crippen molar-refractivity contribution >= 4 is 10.1 Å². The molecular weight excluding hydrogens is 752 g/mol. The fourth-order valence-corrected chi connectivity index (χ4v) is 3.85. The van der Waals surface area contributed by atoms with E-state index >= 15 is 0 Å². The van der Waals surface area contributed by atoms with Crippen LogP contribution in [-0.4, -0.2) is 109 Å². The van der Waals surface area contributed by atoms with Gasteiger partial charge >= 0.3 is 58.8 Å². The zero-order valence-corrected chi connectivity index (χ0v) is 24.3. The maximum absolute atomic E-state index is 13.5. The van der Waals surface area contributed by atoms with E-state index < -0.39 is 81.5 Å². The van der Waals surface area contributed by atoms with Gasteiger partial charge in [0.1, 0.15) is 0 Å². The van der Waals surface area contributed by atoms with E-state index in [0.717, 1.165) is 0 Å². The van der Waals surface area contributed by atoms with E-state index in [1.807, 2.05) is 0 Å². The molecule has 1 atom stereocenters. The molecule has 4 nitrogen and oxygen atoms in total. The molecule has 0 bridgehead atoms. The van der Waals surface area contributed by atoms with Gasteiger partial charge in [0, 0.05) is 0 Å². The topological polar surface area (TPSA) is 57.2 Å². The van der Waals surface area contributed by atoms with Gasteiger partial charge in [-0.3, -0.25) is 0 Å². The molecule has 0 spiro atoms. The van der Waals surface area contributed by atoms with Crippen LogP contribution >= 0.6 is 0 Å². The van der Waals surface area contributed by atoms with Crippen LogP contribution in [0.1, 0.15) is 34.1 Å². The predicted molar refractivity (Wildman–Crippen MR) is 112 cm³/mol. The van der Waals surface area contributed by atoms with Crippen molar-refractivity contribution in [1.29, 1.82) is 0 Å². The molecule has 0 rings (SSSR count). The van der Waals surface area contributed by atoms with Gasteiger partial charge in [-0.05, 0) is 27.7 Å². The highest BCUT2D eigenvalue weighted by atomic mass is 32.2. The van der Waals surface area contributed by atoms with Crippen LogP contribution < -0.4 is 0 Å². The summed E-state index contributed by atoms with van der Waals surface area (Å²) in [6, 6.07) is 0. The third-order valence-corrected chi connectivity index (χ3v) is 7.84. The maximum Gasteiger partial charge on any atom is 0.402 e. The number of halogens is 22. The first kappa shape index (κ1) is 47.4. The summed E-state index contributed by atoms with van der Waals surface area (Å²) < 4.78 is 319. The highest BCUT2D eigenvalue weighted by Crippen LogP contribution is 2.65. The van der Waals surface area contributed by atoms with Crippen molar-refractivity contribution in [1.82, 2.24) is 0 Å². The number of hydrogen-bond donors (Lipinski definition) is 0. The van der Waals surface area contributed by atoms with Gasteiger partial charge in [-0.15, -0.1) is 0 Å². The Balaban J connectivity index is 0. The number of rotatable bonds is 15. The lowest BCUT2D eigenvalue weighted by Gasteiger charge is -2.44. The average molecular weight is 775 g/mol. The van der Waals surface area contributed by atoms with Crippen molar-refractivity contribution in [3.63, 3.8) is 0 Å². The van der Waals surface area contributed by atoms with Crippen LogP contribution in [0.4, 0.5) is 96.6 Å². The molecule has 0 heterocycles. The van der Waals surface area contributed by atoms with Crippen molar-refractivity contribution in [2.24, 2.45) is 0 Å². The quantitative estimate of drug-likeness (QED) is 0.0955. The fraction of sp³-hybridized carbons (Fsp3) is 1.00. The Bertz CT molecular complexity index is 1130. The minimum atomic E-state index is -9.38. The van der Waals surface area contributed by atoms with Crippen LogP contribution in [0.25, 0.3) is 0 Å². The molecular formula is C20H23F22NO3S. The zero-order chi connectivity index (χ0) is 39.1. The van der Waals surface area contributed by atoms with Gasteiger partial charge in [-0.1, -0.05) is 0 Å². The van der Waals surface area contributed by atoms with Crippen molar-refractivity contribution < 1.29 is 114 Å². The first-order valence-electron chi connectivity index (χ1n) is 12.0.